The van der Waals surface area contributed by atoms with Crippen LogP contribution in [0.5, 0.6) is 11.5 Å². The van der Waals surface area contributed by atoms with Crippen molar-refractivity contribution in [3.05, 3.63) is 24.3 Å². The lowest BCUT2D eigenvalue weighted by atomic mass is 9.99. The van der Waals surface area contributed by atoms with Crippen molar-refractivity contribution in [1.29, 1.82) is 0 Å². The molecule has 0 aromatic heterocycles. The molecule has 5 N–H and O–H groups in total. The van der Waals surface area contributed by atoms with Crippen molar-refractivity contribution in [2.45, 2.75) is 30.7 Å². The average molecular weight is 286 g/mol. The van der Waals surface area contributed by atoms with Gasteiger partial charge in [0.25, 0.3) is 0 Å². The van der Waals surface area contributed by atoms with Gasteiger partial charge in [-0.2, -0.15) is 0 Å². The van der Waals surface area contributed by atoms with Crippen LogP contribution >= 0.6 is 0 Å². The highest BCUT2D eigenvalue weighted by Crippen LogP contribution is 2.25. The van der Waals surface area contributed by atoms with E-state index >= 15 is 0 Å². The number of aromatic hydroxyl groups is 1. The summed E-state index contributed by atoms with van der Waals surface area (Å²) in [6.07, 6.45) is -8.27. The first-order chi connectivity index (χ1) is 9.40. The lowest BCUT2D eigenvalue weighted by molar-refractivity contribution is -0.271. The number of carboxylic acid groups (broad SMARTS) is 1. The molecule has 5 atom stereocenters. The van der Waals surface area contributed by atoms with Crippen LogP contribution in [-0.2, 0) is 9.53 Å². The van der Waals surface area contributed by atoms with Gasteiger partial charge < -0.3 is 35.0 Å². The summed E-state index contributed by atoms with van der Waals surface area (Å²) < 4.78 is 10.1. The molecule has 0 amide bonds. The molecule has 1 aromatic carbocycles. The summed E-state index contributed by atoms with van der Waals surface area (Å²) in [5, 5.41) is 46.8. The smallest absolute Gasteiger partial charge is 0.335 e. The number of aliphatic hydroxyl groups is 3. The highest BCUT2D eigenvalue weighted by molar-refractivity contribution is 5.73. The van der Waals surface area contributed by atoms with Crippen LogP contribution in [0.25, 0.3) is 0 Å². The van der Waals surface area contributed by atoms with Crippen LogP contribution in [0.3, 0.4) is 0 Å². The topological polar surface area (TPSA) is 137 Å². The van der Waals surface area contributed by atoms with Crippen molar-refractivity contribution < 1.29 is 39.8 Å². The summed E-state index contributed by atoms with van der Waals surface area (Å²) in [6, 6.07) is 5.40. The molecule has 1 aromatic rings. The molecule has 1 fully saturated rings. The number of benzene rings is 1. The van der Waals surface area contributed by atoms with Gasteiger partial charge in [0.15, 0.2) is 6.10 Å². The molecule has 8 nitrogen and oxygen atoms in total. The van der Waals surface area contributed by atoms with E-state index in [1.165, 1.54) is 24.3 Å². The monoisotopic (exact) mass is 286 g/mol. The van der Waals surface area contributed by atoms with Crippen LogP contribution in [0.4, 0.5) is 0 Å². The number of ether oxygens (including phenoxy) is 2. The molecule has 1 unspecified atom stereocenters. The Morgan fingerprint density at radius 2 is 1.65 bits per heavy atom. The Morgan fingerprint density at radius 3 is 2.20 bits per heavy atom. The van der Waals surface area contributed by atoms with Crippen molar-refractivity contribution in [3.8, 4) is 11.5 Å². The zero-order valence-corrected chi connectivity index (χ0v) is 10.2. The van der Waals surface area contributed by atoms with Crippen molar-refractivity contribution >= 4 is 5.97 Å². The molecule has 8 heteroatoms. The molecule has 110 valence electrons. The van der Waals surface area contributed by atoms with Crippen LogP contribution in [0.1, 0.15) is 0 Å². The zero-order valence-electron chi connectivity index (χ0n) is 10.2. The Kier molecular flexibility index (Phi) is 4.09. The Morgan fingerprint density at radius 1 is 1.05 bits per heavy atom. The normalized spacial score (nSPS) is 33.6. The van der Waals surface area contributed by atoms with Gasteiger partial charge in [-0.3, -0.25) is 0 Å². The number of phenolic OH excluding ortho intramolecular Hbond substituents is 1. The molecule has 0 radical (unpaired) electrons. The first kappa shape index (κ1) is 14.5. The minimum Gasteiger partial charge on any atom is -0.508 e. The van der Waals surface area contributed by atoms with Crippen molar-refractivity contribution in [2.24, 2.45) is 0 Å². The lowest BCUT2D eigenvalue weighted by Gasteiger charge is -2.38. The summed E-state index contributed by atoms with van der Waals surface area (Å²) in [4.78, 5) is 10.9. The van der Waals surface area contributed by atoms with Crippen molar-refractivity contribution in [2.75, 3.05) is 0 Å². The van der Waals surface area contributed by atoms with Gasteiger partial charge in [0.05, 0.1) is 0 Å². The largest absolute Gasteiger partial charge is 0.508 e. The van der Waals surface area contributed by atoms with Gasteiger partial charge in [-0.1, -0.05) is 0 Å². The molecule has 1 aliphatic rings. The van der Waals surface area contributed by atoms with Crippen LogP contribution in [0.15, 0.2) is 24.3 Å². The van der Waals surface area contributed by atoms with Gasteiger partial charge in [-0.25, -0.2) is 4.79 Å². The number of hydrogen-bond donors (Lipinski definition) is 5. The summed E-state index contributed by atoms with van der Waals surface area (Å²) in [5.74, 6) is -1.29. The molecule has 0 saturated carbocycles. The second-order valence-corrected chi connectivity index (χ2v) is 4.35. The number of carbonyl (C=O) groups is 1. The maximum atomic E-state index is 10.9. The third-order valence-electron chi connectivity index (χ3n) is 2.90. The standard InChI is InChI=1S/C12H14O8/c13-5-1-3-6(4-2-5)19-12-9(16)7(14)8(15)10(20-12)11(17)18/h1-4,7-10,12-16H,(H,17,18)/t7-,8-,9+,10-,12?/m0/s1. The predicted octanol–water partition coefficient (Wildman–Crippen LogP) is -1.34. The fourth-order valence-corrected chi connectivity index (χ4v) is 1.81. The fourth-order valence-electron chi connectivity index (χ4n) is 1.81. The quantitative estimate of drug-likeness (QED) is 0.460. The van der Waals surface area contributed by atoms with Crippen molar-refractivity contribution in [3.63, 3.8) is 0 Å². The summed E-state index contributed by atoms with van der Waals surface area (Å²) in [6.45, 7) is 0. The first-order valence-corrected chi connectivity index (χ1v) is 5.78. The Hall–Kier alpha value is -1.87. The SMILES string of the molecule is O=C(O)[C@H]1OC(Oc2ccc(O)cc2)[C@H](O)[C@@H](O)[C@@H]1O. The predicted molar refractivity (Wildman–Crippen MR) is 63.1 cm³/mol. The van der Waals surface area contributed by atoms with Crippen molar-refractivity contribution in [1.82, 2.24) is 0 Å². The first-order valence-electron chi connectivity index (χ1n) is 5.78. The van der Waals surface area contributed by atoms with Gasteiger partial charge in [0.2, 0.25) is 6.29 Å². The van der Waals surface area contributed by atoms with Gasteiger partial charge in [-0.05, 0) is 24.3 Å². The van der Waals surface area contributed by atoms with Gasteiger partial charge in [0, 0.05) is 0 Å². The van der Waals surface area contributed by atoms with Gasteiger partial charge in [-0.15, -0.1) is 0 Å². The van der Waals surface area contributed by atoms with E-state index in [9.17, 15) is 20.1 Å². The van der Waals surface area contributed by atoms with Gasteiger partial charge in [0.1, 0.15) is 29.8 Å². The Bertz CT molecular complexity index is 473. The Labute approximate surface area is 113 Å². The molecule has 0 spiro atoms. The Balaban J connectivity index is 2.13. The molecule has 0 bridgehead atoms. The van der Waals surface area contributed by atoms with E-state index in [2.05, 4.69) is 0 Å². The average Bonchev–Trinajstić information content (AvgIpc) is 2.41. The lowest BCUT2D eigenvalue weighted by Crippen LogP contribution is -2.61. The highest BCUT2D eigenvalue weighted by atomic mass is 16.7. The minimum absolute atomic E-state index is 0.00123. The summed E-state index contributed by atoms with van der Waals surface area (Å²) in [5.41, 5.74) is 0. The molecule has 1 saturated heterocycles. The number of phenols is 1. The highest BCUT2D eigenvalue weighted by Gasteiger charge is 2.48. The fraction of sp³-hybridized carbons (Fsp3) is 0.417. The molecule has 0 aliphatic carbocycles. The van der Waals surface area contributed by atoms with Crippen LogP contribution < -0.4 is 4.74 Å². The van der Waals surface area contributed by atoms with E-state index < -0.39 is 36.7 Å². The van der Waals surface area contributed by atoms with E-state index in [-0.39, 0.29) is 11.5 Å². The van der Waals surface area contributed by atoms with Crippen LogP contribution in [0.2, 0.25) is 0 Å². The van der Waals surface area contributed by atoms with Crippen LogP contribution in [-0.4, -0.2) is 62.2 Å². The van der Waals surface area contributed by atoms with E-state index in [0.717, 1.165) is 0 Å². The molecular weight excluding hydrogens is 272 g/mol. The number of rotatable bonds is 3. The van der Waals surface area contributed by atoms with E-state index in [1.54, 1.807) is 0 Å². The third-order valence-corrected chi connectivity index (χ3v) is 2.90. The molecule has 1 aliphatic heterocycles. The second kappa shape index (κ2) is 5.63. The third kappa shape index (κ3) is 2.83. The number of hydrogen-bond acceptors (Lipinski definition) is 7. The molecular formula is C12H14O8. The zero-order chi connectivity index (χ0) is 14.9. The van der Waals surface area contributed by atoms with E-state index in [4.69, 9.17) is 19.7 Å². The van der Waals surface area contributed by atoms with E-state index in [0.29, 0.717) is 0 Å². The second-order valence-electron chi connectivity index (χ2n) is 4.35. The number of aliphatic carboxylic acids is 1. The van der Waals surface area contributed by atoms with Gasteiger partial charge >= 0.3 is 5.97 Å². The molecule has 20 heavy (non-hydrogen) atoms. The maximum Gasteiger partial charge on any atom is 0.335 e. The minimum atomic E-state index is -1.76. The number of carboxylic acids is 1. The summed E-state index contributed by atoms with van der Waals surface area (Å²) in [7, 11) is 0. The molecule has 2 rings (SSSR count). The van der Waals surface area contributed by atoms with E-state index in [1.807, 2.05) is 0 Å². The number of aliphatic hydroxyl groups excluding tert-OH is 3. The van der Waals surface area contributed by atoms with Crippen LogP contribution in [0, 0.1) is 0 Å². The molecule has 1 heterocycles. The summed E-state index contributed by atoms with van der Waals surface area (Å²) >= 11 is 0. The maximum absolute atomic E-state index is 10.9.